The van der Waals surface area contributed by atoms with Crippen molar-refractivity contribution in [3.63, 3.8) is 0 Å². The third-order valence-corrected chi connectivity index (χ3v) is 4.84. The fourth-order valence-electron chi connectivity index (χ4n) is 3.35. The SMILES string of the molecule is CC(C)Oc1ccc(C(=O)N2CCC(COCc3ccccc3)CC2)cc1. The molecule has 0 aromatic heterocycles. The minimum atomic E-state index is 0.106. The molecule has 1 heterocycles. The Bertz CT molecular complexity index is 704. The molecule has 27 heavy (non-hydrogen) atoms. The lowest BCUT2D eigenvalue weighted by atomic mass is 9.97. The molecule has 0 bridgehead atoms. The third kappa shape index (κ3) is 5.83. The Kier molecular flexibility index (Phi) is 6.88. The highest BCUT2D eigenvalue weighted by atomic mass is 16.5. The van der Waals surface area contributed by atoms with E-state index in [1.807, 2.05) is 61.2 Å². The smallest absolute Gasteiger partial charge is 0.253 e. The Labute approximate surface area is 162 Å². The van der Waals surface area contributed by atoms with Gasteiger partial charge in [-0.3, -0.25) is 4.79 Å². The molecule has 1 saturated heterocycles. The minimum absolute atomic E-state index is 0.106. The quantitative estimate of drug-likeness (QED) is 0.721. The van der Waals surface area contributed by atoms with Crippen LogP contribution >= 0.6 is 0 Å². The van der Waals surface area contributed by atoms with Gasteiger partial charge in [0.05, 0.1) is 12.7 Å². The predicted molar refractivity (Wildman–Crippen MR) is 107 cm³/mol. The maximum Gasteiger partial charge on any atom is 0.253 e. The number of nitrogens with zero attached hydrogens (tertiary/aromatic N) is 1. The van der Waals surface area contributed by atoms with Gasteiger partial charge in [-0.1, -0.05) is 30.3 Å². The van der Waals surface area contributed by atoms with Crippen LogP contribution in [0.15, 0.2) is 54.6 Å². The number of rotatable bonds is 7. The lowest BCUT2D eigenvalue weighted by molar-refractivity contribution is 0.0478. The first-order chi connectivity index (χ1) is 13.1. The van der Waals surface area contributed by atoms with E-state index in [4.69, 9.17) is 9.47 Å². The normalized spacial score (nSPS) is 15.1. The van der Waals surface area contributed by atoms with Crippen molar-refractivity contribution < 1.29 is 14.3 Å². The molecule has 144 valence electrons. The summed E-state index contributed by atoms with van der Waals surface area (Å²) in [5.74, 6) is 1.44. The topological polar surface area (TPSA) is 38.8 Å². The first kappa shape index (κ1) is 19.4. The van der Waals surface area contributed by atoms with Crippen LogP contribution in [-0.4, -0.2) is 36.6 Å². The van der Waals surface area contributed by atoms with Crippen molar-refractivity contribution in [3.05, 3.63) is 65.7 Å². The van der Waals surface area contributed by atoms with Crippen LogP contribution in [-0.2, 0) is 11.3 Å². The predicted octanol–water partition coefficient (Wildman–Crippen LogP) is 4.54. The zero-order valence-corrected chi connectivity index (χ0v) is 16.3. The van der Waals surface area contributed by atoms with Crippen molar-refractivity contribution in [2.24, 2.45) is 5.92 Å². The Hall–Kier alpha value is -2.33. The summed E-state index contributed by atoms with van der Waals surface area (Å²) in [7, 11) is 0. The molecule has 0 radical (unpaired) electrons. The number of benzene rings is 2. The summed E-state index contributed by atoms with van der Waals surface area (Å²) in [6.07, 6.45) is 2.12. The molecule has 1 fully saturated rings. The van der Waals surface area contributed by atoms with Crippen LogP contribution in [0, 0.1) is 5.92 Å². The van der Waals surface area contributed by atoms with Crippen LogP contribution < -0.4 is 4.74 Å². The van der Waals surface area contributed by atoms with Crippen LogP contribution in [0.5, 0.6) is 5.75 Å². The summed E-state index contributed by atoms with van der Waals surface area (Å²) >= 11 is 0. The molecule has 0 unspecified atom stereocenters. The second-order valence-corrected chi connectivity index (χ2v) is 7.43. The van der Waals surface area contributed by atoms with Crippen molar-refractivity contribution in [3.8, 4) is 5.75 Å². The molecule has 0 atom stereocenters. The highest BCUT2D eigenvalue weighted by Crippen LogP contribution is 2.21. The Morgan fingerprint density at radius 3 is 2.33 bits per heavy atom. The molecule has 0 N–H and O–H groups in total. The average Bonchev–Trinajstić information content (AvgIpc) is 2.69. The van der Waals surface area contributed by atoms with E-state index in [9.17, 15) is 4.79 Å². The highest BCUT2D eigenvalue weighted by molar-refractivity contribution is 5.94. The summed E-state index contributed by atoms with van der Waals surface area (Å²) in [6, 6.07) is 17.7. The molecule has 4 heteroatoms. The van der Waals surface area contributed by atoms with E-state index >= 15 is 0 Å². The third-order valence-electron chi connectivity index (χ3n) is 4.84. The standard InChI is InChI=1S/C23H29NO3/c1-18(2)27-22-10-8-21(9-11-22)23(25)24-14-12-20(13-15-24)17-26-16-19-6-4-3-5-7-19/h3-11,18,20H,12-17H2,1-2H3. The first-order valence-electron chi connectivity index (χ1n) is 9.79. The molecule has 0 saturated carbocycles. The molecule has 4 nitrogen and oxygen atoms in total. The minimum Gasteiger partial charge on any atom is -0.491 e. The van der Waals surface area contributed by atoms with Gasteiger partial charge >= 0.3 is 0 Å². The molecule has 3 rings (SSSR count). The summed E-state index contributed by atoms with van der Waals surface area (Å²) in [5.41, 5.74) is 1.93. The average molecular weight is 367 g/mol. The number of hydrogen-bond donors (Lipinski definition) is 0. The van der Waals surface area contributed by atoms with Gasteiger partial charge in [-0.25, -0.2) is 0 Å². The molecule has 1 aliphatic heterocycles. The maximum absolute atomic E-state index is 12.7. The van der Waals surface area contributed by atoms with Gasteiger partial charge in [0, 0.05) is 25.3 Å². The van der Waals surface area contributed by atoms with E-state index in [0.717, 1.165) is 43.9 Å². The second-order valence-electron chi connectivity index (χ2n) is 7.43. The van der Waals surface area contributed by atoms with Gasteiger partial charge in [-0.05, 0) is 62.4 Å². The number of hydrogen-bond acceptors (Lipinski definition) is 3. The van der Waals surface area contributed by atoms with Gasteiger partial charge in [-0.2, -0.15) is 0 Å². The van der Waals surface area contributed by atoms with E-state index < -0.39 is 0 Å². The number of ether oxygens (including phenoxy) is 2. The number of piperidine rings is 1. The van der Waals surface area contributed by atoms with Crippen molar-refractivity contribution >= 4 is 5.91 Å². The van der Waals surface area contributed by atoms with Crippen LogP contribution in [0.1, 0.15) is 42.6 Å². The van der Waals surface area contributed by atoms with Crippen molar-refractivity contribution in [2.75, 3.05) is 19.7 Å². The number of likely N-dealkylation sites (tertiary alicyclic amines) is 1. The van der Waals surface area contributed by atoms with E-state index in [0.29, 0.717) is 12.5 Å². The van der Waals surface area contributed by atoms with Crippen molar-refractivity contribution in [2.45, 2.75) is 39.4 Å². The van der Waals surface area contributed by atoms with Crippen molar-refractivity contribution in [1.29, 1.82) is 0 Å². The van der Waals surface area contributed by atoms with Gasteiger partial charge in [0.25, 0.3) is 5.91 Å². The van der Waals surface area contributed by atoms with E-state index in [1.54, 1.807) is 0 Å². The summed E-state index contributed by atoms with van der Waals surface area (Å²) in [4.78, 5) is 14.6. The zero-order valence-electron chi connectivity index (χ0n) is 16.3. The van der Waals surface area contributed by atoms with Gasteiger partial charge < -0.3 is 14.4 Å². The Morgan fingerprint density at radius 2 is 1.70 bits per heavy atom. The summed E-state index contributed by atoms with van der Waals surface area (Å²) in [5, 5.41) is 0. The van der Waals surface area contributed by atoms with Crippen LogP contribution in [0.3, 0.4) is 0 Å². The summed E-state index contributed by atoms with van der Waals surface area (Å²) < 4.78 is 11.5. The molecule has 2 aromatic carbocycles. The van der Waals surface area contributed by atoms with Gasteiger partial charge in [0.15, 0.2) is 0 Å². The maximum atomic E-state index is 12.7. The number of amides is 1. The van der Waals surface area contributed by atoms with Crippen LogP contribution in [0.4, 0.5) is 0 Å². The van der Waals surface area contributed by atoms with Crippen LogP contribution in [0.25, 0.3) is 0 Å². The number of carbonyl (C=O) groups is 1. The lowest BCUT2D eigenvalue weighted by Gasteiger charge is -2.32. The molecule has 0 spiro atoms. The number of carbonyl (C=O) groups excluding carboxylic acids is 1. The second kappa shape index (κ2) is 9.56. The van der Waals surface area contributed by atoms with Gasteiger partial charge in [0.1, 0.15) is 5.75 Å². The Morgan fingerprint density at radius 1 is 1.04 bits per heavy atom. The largest absolute Gasteiger partial charge is 0.491 e. The fourth-order valence-corrected chi connectivity index (χ4v) is 3.35. The van der Waals surface area contributed by atoms with E-state index in [2.05, 4.69) is 12.1 Å². The fraction of sp³-hybridized carbons (Fsp3) is 0.435. The molecule has 0 aliphatic carbocycles. The van der Waals surface area contributed by atoms with Crippen LogP contribution in [0.2, 0.25) is 0 Å². The van der Waals surface area contributed by atoms with E-state index in [1.165, 1.54) is 5.56 Å². The molecule has 1 aliphatic rings. The van der Waals surface area contributed by atoms with Crippen molar-refractivity contribution in [1.82, 2.24) is 4.90 Å². The highest BCUT2D eigenvalue weighted by Gasteiger charge is 2.23. The molecular weight excluding hydrogens is 338 g/mol. The molecule has 2 aromatic rings. The molecule has 1 amide bonds. The van der Waals surface area contributed by atoms with Gasteiger partial charge in [-0.15, -0.1) is 0 Å². The lowest BCUT2D eigenvalue weighted by Crippen LogP contribution is -2.39. The van der Waals surface area contributed by atoms with Gasteiger partial charge in [0.2, 0.25) is 0 Å². The first-order valence-corrected chi connectivity index (χ1v) is 9.79. The Balaban J connectivity index is 1.42. The molecular formula is C23H29NO3. The monoisotopic (exact) mass is 367 g/mol. The van der Waals surface area contributed by atoms with E-state index in [-0.39, 0.29) is 12.0 Å². The summed E-state index contributed by atoms with van der Waals surface area (Å²) in [6.45, 7) is 6.99. The zero-order chi connectivity index (χ0) is 19.1.